The predicted molar refractivity (Wildman–Crippen MR) is 59.4 cm³/mol. The molecule has 3 unspecified atom stereocenters. The van der Waals surface area contributed by atoms with Crippen molar-refractivity contribution >= 4 is 0 Å². The number of aliphatic hydroxyl groups is 3. The van der Waals surface area contributed by atoms with Gasteiger partial charge in [0, 0.05) is 12.0 Å². The number of aliphatic hydroxyl groups excluding tert-OH is 3. The van der Waals surface area contributed by atoms with Gasteiger partial charge in [0.15, 0.2) is 0 Å². The van der Waals surface area contributed by atoms with Crippen molar-refractivity contribution in [2.24, 2.45) is 0 Å². The zero-order valence-corrected chi connectivity index (χ0v) is 9.23. The highest BCUT2D eigenvalue weighted by Crippen LogP contribution is 2.35. The van der Waals surface area contributed by atoms with Crippen LogP contribution in [0, 0.1) is 0 Å². The Labute approximate surface area is 98.9 Å². The highest BCUT2D eigenvalue weighted by molar-refractivity contribution is 5.34. The number of aromatic hydroxyl groups is 1. The third-order valence-corrected chi connectivity index (χ3v) is 2.99. The number of ether oxygens (including phenoxy) is 1. The van der Waals surface area contributed by atoms with Crippen LogP contribution in [0.3, 0.4) is 0 Å². The highest BCUT2D eigenvalue weighted by Gasteiger charge is 2.38. The maximum absolute atomic E-state index is 9.86. The number of benzene rings is 1. The smallest absolute Gasteiger partial charge is 0.121 e. The summed E-state index contributed by atoms with van der Waals surface area (Å²) in [4.78, 5) is 0. The van der Waals surface area contributed by atoms with Crippen LogP contribution in [0.15, 0.2) is 24.3 Å². The van der Waals surface area contributed by atoms with E-state index in [1.165, 1.54) is 6.07 Å². The first-order valence-electron chi connectivity index (χ1n) is 5.54. The van der Waals surface area contributed by atoms with Crippen LogP contribution in [0.5, 0.6) is 5.75 Å². The summed E-state index contributed by atoms with van der Waals surface area (Å²) in [5.74, 6) is 0.00217. The number of para-hydroxylation sites is 1. The van der Waals surface area contributed by atoms with Crippen LogP contribution in [0.25, 0.3) is 0 Å². The summed E-state index contributed by atoms with van der Waals surface area (Å²) in [5.41, 5.74) is 0.414. The molecule has 0 radical (unpaired) electrons. The molecular weight excluding hydrogens is 224 g/mol. The first-order valence-corrected chi connectivity index (χ1v) is 5.54. The van der Waals surface area contributed by atoms with Gasteiger partial charge in [0.1, 0.15) is 18.0 Å². The van der Waals surface area contributed by atoms with Crippen LogP contribution < -0.4 is 0 Å². The number of phenolic OH excluding ortho intramolecular Hbond substituents is 1. The normalized spacial score (nSPS) is 33.6. The van der Waals surface area contributed by atoms with E-state index in [9.17, 15) is 15.3 Å². The molecule has 17 heavy (non-hydrogen) atoms. The summed E-state index contributed by atoms with van der Waals surface area (Å²) in [7, 11) is 0. The third-order valence-electron chi connectivity index (χ3n) is 2.99. The monoisotopic (exact) mass is 240 g/mol. The largest absolute Gasteiger partial charge is 0.508 e. The summed E-state index contributed by atoms with van der Waals surface area (Å²) in [6, 6.07) is 6.48. The minimum Gasteiger partial charge on any atom is -0.508 e. The molecule has 1 aliphatic heterocycles. The van der Waals surface area contributed by atoms with Crippen LogP contribution in [0.1, 0.15) is 18.1 Å². The minimum atomic E-state index is -1.11. The van der Waals surface area contributed by atoms with Crippen LogP contribution in [-0.2, 0) is 4.74 Å². The Balaban J connectivity index is 2.26. The summed E-state index contributed by atoms with van der Waals surface area (Å²) < 4.78 is 5.47. The Kier molecular flexibility index (Phi) is 3.63. The molecule has 1 aliphatic rings. The van der Waals surface area contributed by atoms with Gasteiger partial charge in [-0.3, -0.25) is 0 Å². The zero-order chi connectivity index (χ0) is 12.4. The fourth-order valence-corrected chi connectivity index (χ4v) is 2.06. The molecule has 5 nitrogen and oxygen atoms in total. The van der Waals surface area contributed by atoms with Gasteiger partial charge in [0.25, 0.3) is 0 Å². The van der Waals surface area contributed by atoms with Crippen LogP contribution >= 0.6 is 0 Å². The average molecular weight is 240 g/mol. The standard InChI is InChI=1S/C12H16O5/c13-6-7-5-10(15)11(16)12(17-7)8-3-1-2-4-9(8)14/h1-4,7,10-16H,5-6H2/t7?,10?,11?,12-/m1/s1. The summed E-state index contributed by atoms with van der Waals surface area (Å²) in [6.45, 7) is -0.228. The van der Waals surface area contributed by atoms with Gasteiger partial charge in [-0.05, 0) is 6.07 Å². The van der Waals surface area contributed by atoms with Gasteiger partial charge in [-0.1, -0.05) is 18.2 Å². The van der Waals surface area contributed by atoms with Crippen molar-refractivity contribution in [3.63, 3.8) is 0 Å². The van der Waals surface area contributed by atoms with Gasteiger partial charge in [0.2, 0.25) is 0 Å². The molecule has 1 aromatic rings. The highest BCUT2D eigenvalue weighted by atomic mass is 16.5. The third kappa shape index (κ3) is 2.42. The first-order chi connectivity index (χ1) is 8.13. The Hall–Kier alpha value is -1.14. The number of hydrogen-bond donors (Lipinski definition) is 4. The zero-order valence-electron chi connectivity index (χ0n) is 9.23. The fraction of sp³-hybridized carbons (Fsp3) is 0.500. The molecule has 94 valence electrons. The van der Waals surface area contributed by atoms with Crippen molar-refractivity contribution in [3.05, 3.63) is 29.8 Å². The Morgan fingerprint density at radius 2 is 1.94 bits per heavy atom. The van der Waals surface area contributed by atoms with Gasteiger partial charge in [-0.25, -0.2) is 0 Å². The molecule has 1 saturated heterocycles. The fourth-order valence-electron chi connectivity index (χ4n) is 2.06. The molecule has 0 amide bonds. The van der Waals surface area contributed by atoms with E-state index in [-0.39, 0.29) is 18.8 Å². The van der Waals surface area contributed by atoms with Crippen LogP contribution in [0.2, 0.25) is 0 Å². The molecule has 1 heterocycles. The summed E-state index contributed by atoms with van der Waals surface area (Å²) in [6.07, 6.45) is -3.24. The molecule has 4 N–H and O–H groups in total. The number of rotatable bonds is 2. The van der Waals surface area contributed by atoms with Crippen molar-refractivity contribution in [2.75, 3.05) is 6.61 Å². The lowest BCUT2D eigenvalue weighted by Gasteiger charge is -2.36. The number of hydrogen-bond acceptors (Lipinski definition) is 5. The molecule has 0 saturated carbocycles. The maximum atomic E-state index is 9.86. The second-order valence-corrected chi connectivity index (χ2v) is 4.21. The topological polar surface area (TPSA) is 90.2 Å². The van der Waals surface area contributed by atoms with Gasteiger partial charge >= 0.3 is 0 Å². The van der Waals surface area contributed by atoms with E-state index < -0.39 is 24.4 Å². The van der Waals surface area contributed by atoms with Crippen LogP contribution in [0.4, 0.5) is 0 Å². The molecule has 1 fully saturated rings. The van der Waals surface area contributed by atoms with Crippen molar-refractivity contribution in [3.8, 4) is 5.75 Å². The van der Waals surface area contributed by atoms with E-state index in [1.54, 1.807) is 18.2 Å². The van der Waals surface area contributed by atoms with Gasteiger partial charge < -0.3 is 25.2 Å². The summed E-state index contributed by atoms with van der Waals surface area (Å²) in [5, 5.41) is 38.3. The summed E-state index contributed by atoms with van der Waals surface area (Å²) >= 11 is 0. The lowest BCUT2D eigenvalue weighted by Crippen LogP contribution is -2.44. The second-order valence-electron chi connectivity index (χ2n) is 4.21. The molecule has 4 atom stereocenters. The van der Waals surface area contributed by atoms with Crippen molar-refractivity contribution in [1.82, 2.24) is 0 Å². The lowest BCUT2D eigenvalue weighted by atomic mass is 9.93. The van der Waals surface area contributed by atoms with Crippen molar-refractivity contribution in [1.29, 1.82) is 0 Å². The second kappa shape index (κ2) is 5.01. The van der Waals surface area contributed by atoms with E-state index in [1.807, 2.05) is 0 Å². The average Bonchev–Trinajstić information content (AvgIpc) is 2.33. The molecule has 5 heteroatoms. The maximum Gasteiger partial charge on any atom is 0.121 e. The van der Waals surface area contributed by atoms with Gasteiger partial charge in [0.05, 0.1) is 18.8 Å². The molecule has 0 bridgehead atoms. The van der Waals surface area contributed by atoms with E-state index in [0.717, 1.165) is 0 Å². The Morgan fingerprint density at radius 1 is 1.24 bits per heavy atom. The van der Waals surface area contributed by atoms with Gasteiger partial charge in [-0.2, -0.15) is 0 Å². The molecule has 2 rings (SSSR count). The quantitative estimate of drug-likeness (QED) is 0.581. The van der Waals surface area contributed by atoms with Gasteiger partial charge in [-0.15, -0.1) is 0 Å². The van der Waals surface area contributed by atoms with Crippen molar-refractivity contribution in [2.45, 2.75) is 30.8 Å². The van der Waals surface area contributed by atoms with E-state index in [0.29, 0.717) is 5.56 Å². The SMILES string of the molecule is OCC1CC(O)C(O)[C@@H](c2ccccc2O)O1. The van der Waals surface area contributed by atoms with E-state index >= 15 is 0 Å². The molecule has 0 aliphatic carbocycles. The van der Waals surface area contributed by atoms with E-state index in [2.05, 4.69) is 0 Å². The van der Waals surface area contributed by atoms with E-state index in [4.69, 9.17) is 9.84 Å². The molecular formula is C12H16O5. The number of phenols is 1. The molecule has 1 aromatic carbocycles. The minimum absolute atomic E-state index is 0.00217. The molecule has 0 aromatic heterocycles. The first kappa shape index (κ1) is 12.3. The van der Waals surface area contributed by atoms with Crippen LogP contribution in [-0.4, -0.2) is 45.3 Å². The molecule has 0 spiro atoms. The van der Waals surface area contributed by atoms with Crippen molar-refractivity contribution < 1.29 is 25.2 Å². The Bertz CT molecular complexity index is 381. The predicted octanol–water partition coefficient (Wildman–Crippen LogP) is -0.0637. The Morgan fingerprint density at radius 3 is 2.59 bits per heavy atom. The lowest BCUT2D eigenvalue weighted by molar-refractivity contribution is -0.180.